The third-order valence-electron chi connectivity index (χ3n) is 5.70. The average Bonchev–Trinajstić information content (AvgIpc) is 3.58. The Morgan fingerprint density at radius 1 is 1.03 bits per heavy atom. The highest BCUT2D eigenvalue weighted by atomic mass is 16.2. The van der Waals surface area contributed by atoms with E-state index in [9.17, 15) is 9.59 Å². The van der Waals surface area contributed by atoms with Crippen LogP contribution >= 0.6 is 0 Å². The lowest BCUT2D eigenvalue weighted by Gasteiger charge is -2.23. The molecule has 1 aliphatic rings. The van der Waals surface area contributed by atoms with Gasteiger partial charge in [0.2, 0.25) is 11.8 Å². The van der Waals surface area contributed by atoms with Crippen molar-refractivity contribution in [2.24, 2.45) is 5.73 Å². The van der Waals surface area contributed by atoms with Crippen LogP contribution in [0, 0.1) is 0 Å². The smallest absolute Gasteiger partial charge is 0.248 e. The zero-order valence-corrected chi connectivity index (χ0v) is 17.2. The van der Waals surface area contributed by atoms with Gasteiger partial charge < -0.3 is 11.1 Å². The molecular weight excluding hydrogens is 374 g/mol. The predicted octanol–water partition coefficient (Wildman–Crippen LogP) is 3.78. The molecule has 5 heteroatoms. The molecule has 0 radical (unpaired) electrons. The van der Waals surface area contributed by atoms with Crippen molar-refractivity contribution in [1.82, 2.24) is 10.2 Å². The van der Waals surface area contributed by atoms with Crippen LogP contribution < -0.4 is 11.1 Å². The van der Waals surface area contributed by atoms with Crippen molar-refractivity contribution >= 4 is 22.6 Å². The molecule has 30 heavy (non-hydrogen) atoms. The molecule has 3 aromatic carbocycles. The lowest BCUT2D eigenvalue weighted by molar-refractivity contribution is -0.123. The van der Waals surface area contributed by atoms with Crippen LogP contribution in [-0.2, 0) is 11.3 Å². The van der Waals surface area contributed by atoms with Crippen molar-refractivity contribution in [3.05, 3.63) is 83.4 Å². The Bertz CT molecular complexity index is 1050. The first-order valence-electron chi connectivity index (χ1n) is 10.4. The van der Waals surface area contributed by atoms with Crippen LogP contribution in [0.25, 0.3) is 10.8 Å². The molecule has 0 saturated heterocycles. The Morgan fingerprint density at radius 2 is 1.73 bits per heavy atom. The molecular formula is C25H27N3O2. The number of amides is 2. The van der Waals surface area contributed by atoms with E-state index in [1.807, 2.05) is 37.3 Å². The maximum Gasteiger partial charge on any atom is 0.248 e. The third kappa shape index (κ3) is 4.69. The summed E-state index contributed by atoms with van der Waals surface area (Å²) in [6.45, 7) is 3.07. The topological polar surface area (TPSA) is 75.4 Å². The number of nitrogens with zero attached hydrogens (tertiary/aromatic N) is 1. The number of carbonyl (C=O) groups is 2. The summed E-state index contributed by atoms with van der Waals surface area (Å²) >= 11 is 0. The van der Waals surface area contributed by atoms with Crippen LogP contribution in [0.3, 0.4) is 0 Å². The summed E-state index contributed by atoms with van der Waals surface area (Å²) in [5.74, 6) is -0.404. The molecule has 1 aliphatic carbocycles. The minimum absolute atomic E-state index is 0.0242. The molecule has 0 spiro atoms. The molecule has 3 N–H and O–H groups in total. The van der Waals surface area contributed by atoms with Gasteiger partial charge in [0.1, 0.15) is 0 Å². The van der Waals surface area contributed by atoms with Gasteiger partial charge in [0, 0.05) is 18.2 Å². The Kier molecular flexibility index (Phi) is 5.81. The molecule has 154 valence electrons. The monoisotopic (exact) mass is 401 g/mol. The molecule has 3 aromatic rings. The lowest BCUT2D eigenvalue weighted by atomic mass is 10.00. The van der Waals surface area contributed by atoms with Gasteiger partial charge in [-0.25, -0.2) is 0 Å². The number of benzene rings is 3. The van der Waals surface area contributed by atoms with Gasteiger partial charge in [-0.2, -0.15) is 0 Å². The number of nitrogens with two attached hydrogens (primary N) is 1. The summed E-state index contributed by atoms with van der Waals surface area (Å²) in [5.41, 5.74) is 8.01. The zero-order valence-electron chi connectivity index (χ0n) is 17.2. The average molecular weight is 402 g/mol. The summed E-state index contributed by atoms with van der Waals surface area (Å²) in [6.07, 6.45) is 2.23. The molecule has 0 aliphatic heterocycles. The standard InChI is InChI=1S/C25H27N3O2/c1-17(22-8-4-6-19-5-2-3-7-23(19)22)27-24(29)16-28(21-13-14-21)15-18-9-11-20(12-10-18)25(26)30/h2-12,17,21H,13-16H2,1H3,(H2,26,30)(H,27,29). The van der Waals surface area contributed by atoms with Gasteiger partial charge in [-0.15, -0.1) is 0 Å². The first-order chi connectivity index (χ1) is 14.5. The van der Waals surface area contributed by atoms with Crippen LogP contribution in [0.5, 0.6) is 0 Å². The normalized spacial score (nSPS) is 14.6. The molecule has 0 aromatic heterocycles. The van der Waals surface area contributed by atoms with Crippen LogP contribution in [0.1, 0.15) is 47.3 Å². The number of carbonyl (C=O) groups excluding carboxylic acids is 2. The van der Waals surface area contributed by atoms with Crippen molar-refractivity contribution in [2.45, 2.75) is 38.4 Å². The fourth-order valence-corrected chi connectivity index (χ4v) is 3.94. The highest BCUT2D eigenvalue weighted by Crippen LogP contribution is 2.28. The second-order valence-corrected chi connectivity index (χ2v) is 8.05. The minimum Gasteiger partial charge on any atom is -0.366 e. The van der Waals surface area contributed by atoms with Gasteiger partial charge in [-0.05, 0) is 53.8 Å². The van der Waals surface area contributed by atoms with E-state index in [4.69, 9.17) is 5.73 Å². The number of fused-ring (bicyclic) bond motifs is 1. The minimum atomic E-state index is -0.428. The van der Waals surface area contributed by atoms with Crippen molar-refractivity contribution in [2.75, 3.05) is 6.54 Å². The fourth-order valence-electron chi connectivity index (χ4n) is 3.94. The number of hydrogen-bond acceptors (Lipinski definition) is 3. The molecule has 1 fully saturated rings. The van der Waals surface area contributed by atoms with Crippen molar-refractivity contribution in [3.8, 4) is 0 Å². The molecule has 2 amide bonds. The highest BCUT2D eigenvalue weighted by molar-refractivity contribution is 5.92. The number of primary amides is 1. The second kappa shape index (κ2) is 8.67. The Morgan fingerprint density at radius 3 is 2.43 bits per heavy atom. The van der Waals surface area contributed by atoms with Crippen LogP contribution in [0.15, 0.2) is 66.7 Å². The van der Waals surface area contributed by atoms with Gasteiger partial charge in [0.15, 0.2) is 0 Å². The van der Waals surface area contributed by atoms with Crippen molar-refractivity contribution < 1.29 is 9.59 Å². The Labute approximate surface area is 176 Å². The largest absolute Gasteiger partial charge is 0.366 e. The maximum absolute atomic E-state index is 12.8. The predicted molar refractivity (Wildman–Crippen MR) is 119 cm³/mol. The Balaban J connectivity index is 1.41. The zero-order chi connectivity index (χ0) is 21.1. The van der Waals surface area contributed by atoms with E-state index in [2.05, 4.69) is 34.5 Å². The second-order valence-electron chi connectivity index (χ2n) is 8.05. The van der Waals surface area contributed by atoms with Crippen molar-refractivity contribution in [3.63, 3.8) is 0 Å². The summed E-state index contributed by atoms with van der Waals surface area (Å²) < 4.78 is 0. The van der Waals surface area contributed by atoms with E-state index < -0.39 is 5.91 Å². The molecule has 0 bridgehead atoms. The SMILES string of the molecule is CC(NC(=O)CN(Cc1ccc(C(N)=O)cc1)C1CC1)c1cccc2ccccc12. The summed E-state index contributed by atoms with van der Waals surface area (Å²) in [4.78, 5) is 26.3. The number of rotatable bonds is 8. The van der Waals surface area contributed by atoms with E-state index in [1.165, 1.54) is 10.8 Å². The summed E-state index contributed by atoms with van der Waals surface area (Å²) in [7, 11) is 0. The van der Waals surface area contributed by atoms with Gasteiger partial charge in [-0.3, -0.25) is 14.5 Å². The van der Waals surface area contributed by atoms with E-state index in [1.54, 1.807) is 12.1 Å². The fraction of sp³-hybridized carbons (Fsp3) is 0.280. The molecule has 4 rings (SSSR count). The maximum atomic E-state index is 12.8. The molecule has 5 nitrogen and oxygen atoms in total. The van der Waals surface area contributed by atoms with E-state index in [-0.39, 0.29) is 11.9 Å². The van der Waals surface area contributed by atoms with Gasteiger partial charge in [0.05, 0.1) is 12.6 Å². The van der Waals surface area contributed by atoms with E-state index >= 15 is 0 Å². The van der Waals surface area contributed by atoms with Gasteiger partial charge >= 0.3 is 0 Å². The van der Waals surface area contributed by atoms with Gasteiger partial charge in [0.25, 0.3) is 0 Å². The van der Waals surface area contributed by atoms with Crippen LogP contribution in [0.2, 0.25) is 0 Å². The molecule has 1 saturated carbocycles. The molecule has 0 heterocycles. The first-order valence-corrected chi connectivity index (χ1v) is 10.4. The van der Waals surface area contributed by atoms with Crippen LogP contribution in [-0.4, -0.2) is 29.3 Å². The third-order valence-corrected chi connectivity index (χ3v) is 5.70. The number of hydrogen-bond donors (Lipinski definition) is 2. The Hall–Kier alpha value is -3.18. The van der Waals surface area contributed by atoms with E-state index in [0.717, 1.165) is 24.0 Å². The summed E-state index contributed by atoms with van der Waals surface area (Å²) in [6, 6.07) is 22.1. The van der Waals surface area contributed by atoms with E-state index in [0.29, 0.717) is 24.7 Å². The summed E-state index contributed by atoms with van der Waals surface area (Å²) in [5, 5.41) is 5.51. The lowest BCUT2D eigenvalue weighted by Crippen LogP contribution is -2.39. The highest BCUT2D eigenvalue weighted by Gasteiger charge is 2.30. The first kappa shape index (κ1) is 20.1. The molecule has 1 atom stereocenters. The van der Waals surface area contributed by atoms with Gasteiger partial charge in [-0.1, -0.05) is 54.6 Å². The quantitative estimate of drug-likeness (QED) is 0.603. The van der Waals surface area contributed by atoms with Crippen LogP contribution in [0.4, 0.5) is 0 Å². The molecule has 1 unspecified atom stereocenters. The van der Waals surface area contributed by atoms with Crippen molar-refractivity contribution in [1.29, 1.82) is 0 Å². The number of nitrogens with one attached hydrogen (secondary N) is 1.